The average Bonchev–Trinajstić information content (AvgIpc) is 2.59. The highest BCUT2D eigenvalue weighted by molar-refractivity contribution is 5.80. The summed E-state index contributed by atoms with van der Waals surface area (Å²) in [7, 11) is 0. The third kappa shape index (κ3) is 4.34. The first kappa shape index (κ1) is 19.3. The standard InChI is InChI=1S/C25H28F2O/c26-21-11-7-19(8-12-21)24(17-3-1-4-17)15-23(28)16-25(18-5-2-6-18)20-9-13-22(27)14-10-20/h7-14,17-18,24-25H,1-6,15-16H2/t24-,25-/m0/s1. The fourth-order valence-corrected chi connectivity index (χ4v) is 4.79. The Hall–Kier alpha value is -2.03. The molecule has 0 unspecified atom stereocenters. The van der Waals surface area contributed by atoms with E-state index in [0.717, 1.165) is 36.8 Å². The Balaban J connectivity index is 1.48. The Kier molecular flexibility index (Phi) is 5.89. The summed E-state index contributed by atoms with van der Waals surface area (Å²) in [4.78, 5) is 13.1. The second kappa shape index (κ2) is 8.55. The van der Waals surface area contributed by atoms with Crippen molar-refractivity contribution in [3.8, 4) is 0 Å². The number of halogens is 2. The van der Waals surface area contributed by atoms with E-state index in [1.165, 1.54) is 37.1 Å². The number of ketones is 1. The van der Waals surface area contributed by atoms with Crippen LogP contribution in [0.15, 0.2) is 48.5 Å². The van der Waals surface area contributed by atoms with E-state index in [9.17, 15) is 13.6 Å². The topological polar surface area (TPSA) is 17.1 Å². The monoisotopic (exact) mass is 382 g/mol. The molecule has 28 heavy (non-hydrogen) atoms. The van der Waals surface area contributed by atoms with Gasteiger partial charge in [0.05, 0.1) is 0 Å². The fraction of sp³-hybridized carbons (Fsp3) is 0.480. The van der Waals surface area contributed by atoms with Gasteiger partial charge in [0.15, 0.2) is 0 Å². The molecule has 2 fully saturated rings. The molecule has 2 aromatic rings. The van der Waals surface area contributed by atoms with Crippen LogP contribution < -0.4 is 0 Å². The van der Waals surface area contributed by atoms with Gasteiger partial charge in [0.1, 0.15) is 17.4 Å². The van der Waals surface area contributed by atoms with Gasteiger partial charge in [-0.1, -0.05) is 37.1 Å². The molecular formula is C25H28F2O. The van der Waals surface area contributed by atoms with Gasteiger partial charge >= 0.3 is 0 Å². The van der Waals surface area contributed by atoms with Crippen LogP contribution in [0, 0.1) is 23.5 Å². The predicted molar refractivity (Wildman–Crippen MR) is 107 cm³/mol. The van der Waals surface area contributed by atoms with Crippen LogP contribution in [0.1, 0.15) is 74.3 Å². The summed E-state index contributed by atoms with van der Waals surface area (Å²) in [6.07, 6.45) is 8.10. The van der Waals surface area contributed by atoms with Crippen LogP contribution in [-0.2, 0) is 4.79 Å². The van der Waals surface area contributed by atoms with Crippen molar-refractivity contribution in [1.82, 2.24) is 0 Å². The Labute approximate surface area is 166 Å². The number of hydrogen-bond acceptors (Lipinski definition) is 1. The van der Waals surface area contributed by atoms with Crippen LogP contribution in [0.3, 0.4) is 0 Å². The number of carbonyl (C=O) groups excluding carboxylic acids is 1. The van der Waals surface area contributed by atoms with Gasteiger partial charge in [-0.05, 0) is 84.7 Å². The van der Waals surface area contributed by atoms with Crippen molar-refractivity contribution in [2.75, 3.05) is 0 Å². The van der Waals surface area contributed by atoms with E-state index in [0.29, 0.717) is 24.7 Å². The first-order valence-corrected chi connectivity index (χ1v) is 10.6. The molecule has 1 nitrogen and oxygen atoms in total. The van der Waals surface area contributed by atoms with Crippen LogP contribution in [-0.4, -0.2) is 5.78 Å². The van der Waals surface area contributed by atoms with Crippen molar-refractivity contribution in [3.63, 3.8) is 0 Å². The second-order valence-electron chi connectivity index (χ2n) is 8.64. The van der Waals surface area contributed by atoms with E-state index >= 15 is 0 Å². The first-order chi connectivity index (χ1) is 13.6. The summed E-state index contributed by atoms with van der Waals surface area (Å²) in [6.45, 7) is 0. The molecule has 3 heteroatoms. The van der Waals surface area contributed by atoms with Crippen molar-refractivity contribution in [2.45, 2.75) is 63.2 Å². The predicted octanol–water partition coefficient (Wildman–Crippen LogP) is 6.78. The van der Waals surface area contributed by atoms with Gasteiger partial charge in [0, 0.05) is 12.8 Å². The molecule has 0 saturated heterocycles. The second-order valence-corrected chi connectivity index (χ2v) is 8.64. The molecule has 0 aliphatic heterocycles. The lowest BCUT2D eigenvalue weighted by Crippen LogP contribution is -2.26. The number of benzene rings is 2. The Morgan fingerprint density at radius 1 is 0.714 bits per heavy atom. The van der Waals surface area contributed by atoms with Gasteiger partial charge in [-0.25, -0.2) is 8.78 Å². The Bertz CT molecular complexity index is 721. The molecule has 4 rings (SSSR count). The van der Waals surface area contributed by atoms with E-state index in [4.69, 9.17) is 0 Å². The van der Waals surface area contributed by atoms with E-state index in [2.05, 4.69) is 0 Å². The first-order valence-electron chi connectivity index (χ1n) is 10.6. The molecule has 0 spiro atoms. The van der Waals surface area contributed by atoms with Crippen LogP contribution in [0.5, 0.6) is 0 Å². The highest BCUT2D eigenvalue weighted by Gasteiger charge is 2.33. The Morgan fingerprint density at radius 3 is 1.36 bits per heavy atom. The quantitative estimate of drug-likeness (QED) is 0.492. The normalized spacial score (nSPS) is 19.5. The molecule has 0 heterocycles. The number of rotatable bonds is 8. The Morgan fingerprint density at radius 2 is 1.07 bits per heavy atom. The molecule has 2 aliphatic carbocycles. The number of hydrogen-bond donors (Lipinski definition) is 0. The van der Waals surface area contributed by atoms with Crippen molar-refractivity contribution >= 4 is 5.78 Å². The summed E-state index contributed by atoms with van der Waals surface area (Å²) >= 11 is 0. The van der Waals surface area contributed by atoms with Crippen molar-refractivity contribution in [1.29, 1.82) is 0 Å². The summed E-state index contributed by atoms with van der Waals surface area (Å²) in [5, 5.41) is 0. The maximum Gasteiger partial charge on any atom is 0.134 e. The maximum atomic E-state index is 13.3. The van der Waals surface area contributed by atoms with E-state index in [1.807, 2.05) is 24.3 Å². The lowest BCUT2D eigenvalue weighted by molar-refractivity contribution is -0.120. The van der Waals surface area contributed by atoms with Crippen molar-refractivity contribution in [3.05, 3.63) is 71.3 Å². The van der Waals surface area contributed by atoms with Crippen molar-refractivity contribution in [2.24, 2.45) is 11.8 Å². The molecule has 2 atom stereocenters. The lowest BCUT2D eigenvalue weighted by atomic mass is 9.68. The molecule has 2 aromatic carbocycles. The minimum atomic E-state index is -0.233. The minimum absolute atomic E-state index is 0.192. The third-order valence-corrected chi connectivity index (χ3v) is 6.93. The van der Waals surface area contributed by atoms with Gasteiger partial charge in [0.2, 0.25) is 0 Å². The third-order valence-electron chi connectivity index (χ3n) is 6.93. The highest BCUT2D eigenvalue weighted by atomic mass is 19.1. The summed E-state index contributed by atoms with van der Waals surface area (Å²) in [6, 6.07) is 13.4. The van der Waals surface area contributed by atoms with Gasteiger partial charge in [0.25, 0.3) is 0 Å². The molecule has 0 N–H and O–H groups in total. The molecule has 2 saturated carbocycles. The minimum Gasteiger partial charge on any atom is -0.300 e. The fourth-order valence-electron chi connectivity index (χ4n) is 4.79. The van der Waals surface area contributed by atoms with Crippen LogP contribution in [0.2, 0.25) is 0 Å². The zero-order valence-electron chi connectivity index (χ0n) is 16.2. The van der Waals surface area contributed by atoms with E-state index in [1.54, 1.807) is 0 Å². The highest BCUT2D eigenvalue weighted by Crippen LogP contribution is 2.44. The van der Waals surface area contributed by atoms with Gasteiger partial charge < -0.3 is 0 Å². The van der Waals surface area contributed by atoms with Gasteiger partial charge in [-0.3, -0.25) is 4.79 Å². The largest absolute Gasteiger partial charge is 0.300 e. The maximum absolute atomic E-state index is 13.3. The van der Waals surface area contributed by atoms with Crippen LogP contribution in [0.25, 0.3) is 0 Å². The van der Waals surface area contributed by atoms with E-state index < -0.39 is 0 Å². The van der Waals surface area contributed by atoms with Crippen LogP contribution >= 0.6 is 0 Å². The summed E-state index contributed by atoms with van der Waals surface area (Å²) < 4.78 is 26.7. The molecule has 0 aromatic heterocycles. The van der Waals surface area contributed by atoms with Crippen molar-refractivity contribution < 1.29 is 13.6 Å². The van der Waals surface area contributed by atoms with Gasteiger partial charge in [-0.15, -0.1) is 0 Å². The molecule has 0 bridgehead atoms. The summed E-state index contributed by atoms with van der Waals surface area (Å²) in [5.74, 6) is 1.26. The van der Waals surface area contributed by atoms with E-state index in [-0.39, 0.29) is 29.3 Å². The molecule has 2 aliphatic rings. The molecule has 0 amide bonds. The molecule has 0 radical (unpaired) electrons. The number of Topliss-reactive ketones (excluding diaryl/α,β-unsaturated/α-hetero) is 1. The molecule has 148 valence electrons. The van der Waals surface area contributed by atoms with Crippen LogP contribution in [0.4, 0.5) is 8.78 Å². The zero-order chi connectivity index (χ0) is 19.5. The number of carbonyl (C=O) groups is 1. The average molecular weight is 382 g/mol. The zero-order valence-corrected chi connectivity index (χ0v) is 16.2. The lowest BCUT2D eigenvalue weighted by Gasteiger charge is -2.36. The van der Waals surface area contributed by atoms with Gasteiger partial charge in [-0.2, -0.15) is 0 Å². The SMILES string of the molecule is O=C(C[C@H](c1ccc(F)cc1)C1CCC1)C[C@H](c1ccc(F)cc1)C1CCC1. The summed E-state index contributed by atoms with van der Waals surface area (Å²) in [5.41, 5.74) is 2.17. The smallest absolute Gasteiger partial charge is 0.134 e. The molecular weight excluding hydrogens is 354 g/mol.